The topological polar surface area (TPSA) is 84.2 Å². The van der Waals surface area contributed by atoms with Gasteiger partial charge in [-0.25, -0.2) is 0 Å². The van der Waals surface area contributed by atoms with Gasteiger partial charge in [0, 0.05) is 23.7 Å². The summed E-state index contributed by atoms with van der Waals surface area (Å²) in [6.07, 6.45) is 0.915. The predicted octanol–water partition coefficient (Wildman–Crippen LogP) is 1.56. The zero-order valence-electron chi connectivity index (χ0n) is 10.3. The van der Waals surface area contributed by atoms with Crippen molar-refractivity contribution in [2.45, 2.75) is 12.8 Å². The fourth-order valence-corrected chi connectivity index (χ4v) is 1.43. The molecule has 0 radical (unpaired) electrons. The maximum absolute atomic E-state index is 11.5. The minimum atomic E-state index is -0.215. The number of hydrogen-bond donors (Lipinski definition) is 3. The van der Waals surface area contributed by atoms with E-state index in [1.807, 2.05) is 0 Å². The molecule has 4 N–H and O–H groups in total. The average Bonchev–Trinajstić information content (AvgIpc) is 2.37. The van der Waals surface area contributed by atoms with Crippen molar-refractivity contribution >= 4 is 41.5 Å². The van der Waals surface area contributed by atoms with E-state index in [1.165, 1.54) is 0 Å². The van der Waals surface area contributed by atoms with E-state index in [4.69, 9.17) is 17.3 Å². The van der Waals surface area contributed by atoms with Crippen molar-refractivity contribution in [3.05, 3.63) is 29.3 Å². The lowest BCUT2D eigenvalue weighted by molar-refractivity contribution is -0.120. The third-order valence-corrected chi connectivity index (χ3v) is 2.47. The third kappa shape index (κ3) is 7.66. The van der Waals surface area contributed by atoms with Crippen molar-refractivity contribution in [1.29, 1.82) is 0 Å². The Morgan fingerprint density at radius 1 is 1.16 bits per heavy atom. The molecule has 0 saturated heterocycles. The quantitative estimate of drug-likeness (QED) is 0.697. The molecule has 7 heteroatoms. The summed E-state index contributed by atoms with van der Waals surface area (Å²) in [5.41, 5.74) is 5.83. The number of nitrogens with two attached hydrogens (primary N) is 1. The molecule has 0 aromatic heterocycles. The van der Waals surface area contributed by atoms with Crippen molar-refractivity contribution in [3.63, 3.8) is 0 Å². The van der Waals surface area contributed by atoms with Gasteiger partial charge in [-0.15, -0.1) is 12.4 Å². The summed E-state index contributed by atoms with van der Waals surface area (Å²) in [4.78, 5) is 22.4. The van der Waals surface area contributed by atoms with Crippen LogP contribution < -0.4 is 16.4 Å². The SMILES string of the molecule is Cl.NCC(=O)NCCCC(=O)Nc1ccc(Cl)cc1. The van der Waals surface area contributed by atoms with Crippen LogP contribution in [0.4, 0.5) is 5.69 Å². The van der Waals surface area contributed by atoms with Crippen LogP contribution in [0.5, 0.6) is 0 Å². The summed E-state index contributed by atoms with van der Waals surface area (Å²) < 4.78 is 0. The molecule has 0 unspecified atom stereocenters. The monoisotopic (exact) mass is 305 g/mol. The number of benzene rings is 1. The number of halogens is 2. The standard InChI is InChI=1S/C12H16ClN3O2.ClH/c13-9-3-5-10(6-4-9)16-11(17)2-1-7-15-12(18)8-14;/h3-6H,1-2,7-8,14H2,(H,15,18)(H,16,17);1H. The first-order chi connectivity index (χ1) is 8.61. The number of rotatable bonds is 6. The second-order valence-electron chi connectivity index (χ2n) is 3.71. The molecule has 0 aliphatic heterocycles. The number of amides is 2. The number of carbonyl (C=O) groups excluding carboxylic acids is 2. The van der Waals surface area contributed by atoms with Crippen LogP contribution >= 0.6 is 24.0 Å². The molecule has 0 aliphatic carbocycles. The fraction of sp³-hybridized carbons (Fsp3) is 0.333. The molecule has 0 atom stereocenters. The van der Waals surface area contributed by atoms with Gasteiger partial charge in [-0.2, -0.15) is 0 Å². The Morgan fingerprint density at radius 2 is 1.79 bits per heavy atom. The summed E-state index contributed by atoms with van der Waals surface area (Å²) in [7, 11) is 0. The van der Waals surface area contributed by atoms with Crippen molar-refractivity contribution in [3.8, 4) is 0 Å². The molecule has 2 amide bonds. The molecule has 1 aromatic rings. The summed E-state index contributed by atoms with van der Waals surface area (Å²) in [5, 5.41) is 5.96. The molecule has 0 saturated carbocycles. The first kappa shape index (κ1) is 17.7. The summed E-state index contributed by atoms with van der Waals surface area (Å²) in [5.74, 6) is -0.313. The van der Waals surface area contributed by atoms with Gasteiger partial charge in [-0.3, -0.25) is 9.59 Å². The van der Waals surface area contributed by atoms with Crippen molar-refractivity contribution < 1.29 is 9.59 Å². The highest BCUT2D eigenvalue weighted by molar-refractivity contribution is 6.30. The summed E-state index contributed by atoms with van der Waals surface area (Å²) in [6.45, 7) is 0.418. The predicted molar refractivity (Wildman–Crippen MR) is 78.6 cm³/mol. The Labute approximate surface area is 123 Å². The third-order valence-electron chi connectivity index (χ3n) is 2.22. The lowest BCUT2D eigenvalue weighted by atomic mass is 10.2. The molecule has 0 aliphatic rings. The van der Waals surface area contributed by atoms with Gasteiger partial charge in [0.2, 0.25) is 11.8 Å². The van der Waals surface area contributed by atoms with Crippen molar-refractivity contribution in [2.75, 3.05) is 18.4 Å². The minimum absolute atomic E-state index is 0. The van der Waals surface area contributed by atoms with Gasteiger partial charge in [0.25, 0.3) is 0 Å². The van der Waals surface area contributed by atoms with Crippen LogP contribution in [-0.2, 0) is 9.59 Å². The molecule has 19 heavy (non-hydrogen) atoms. The van der Waals surface area contributed by atoms with E-state index in [9.17, 15) is 9.59 Å². The Balaban J connectivity index is 0.00000324. The number of hydrogen-bond acceptors (Lipinski definition) is 3. The Bertz CT molecular complexity index is 410. The molecule has 1 rings (SSSR count). The van der Waals surface area contributed by atoms with Gasteiger partial charge in [0.1, 0.15) is 0 Å². The lowest BCUT2D eigenvalue weighted by Gasteiger charge is -2.06. The van der Waals surface area contributed by atoms with Gasteiger partial charge in [0.05, 0.1) is 6.54 Å². The molecule has 5 nitrogen and oxygen atoms in total. The maximum atomic E-state index is 11.5. The largest absolute Gasteiger partial charge is 0.355 e. The normalized spacial score (nSPS) is 9.37. The lowest BCUT2D eigenvalue weighted by Crippen LogP contribution is -2.31. The van der Waals surface area contributed by atoms with Crippen molar-refractivity contribution in [1.82, 2.24) is 5.32 Å². The Hall–Kier alpha value is -1.30. The van der Waals surface area contributed by atoms with E-state index in [1.54, 1.807) is 24.3 Å². The van der Waals surface area contributed by atoms with Gasteiger partial charge in [-0.05, 0) is 30.7 Å². The molecule has 1 aromatic carbocycles. The molecule has 106 valence electrons. The van der Waals surface area contributed by atoms with Crippen LogP contribution in [0.2, 0.25) is 5.02 Å². The van der Waals surface area contributed by atoms with Crippen LogP contribution in [0.3, 0.4) is 0 Å². The molecule has 0 spiro atoms. The van der Waals surface area contributed by atoms with E-state index in [-0.39, 0.29) is 30.8 Å². The van der Waals surface area contributed by atoms with Gasteiger partial charge in [0.15, 0.2) is 0 Å². The molecule has 0 heterocycles. The van der Waals surface area contributed by atoms with Crippen LogP contribution in [0.1, 0.15) is 12.8 Å². The average molecular weight is 306 g/mol. The van der Waals surface area contributed by atoms with Gasteiger partial charge >= 0.3 is 0 Å². The van der Waals surface area contributed by atoms with E-state index >= 15 is 0 Å². The van der Waals surface area contributed by atoms with Crippen LogP contribution in [0, 0.1) is 0 Å². The summed E-state index contributed by atoms with van der Waals surface area (Å²) >= 11 is 5.73. The molecular weight excluding hydrogens is 289 g/mol. The zero-order chi connectivity index (χ0) is 13.4. The first-order valence-electron chi connectivity index (χ1n) is 5.64. The summed E-state index contributed by atoms with van der Waals surface area (Å²) in [6, 6.07) is 6.88. The molecule has 0 bridgehead atoms. The van der Waals surface area contributed by atoms with Crippen LogP contribution in [-0.4, -0.2) is 24.9 Å². The highest BCUT2D eigenvalue weighted by Gasteiger charge is 2.03. The number of nitrogens with one attached hydrogen (secondary N) is 2. The van der Waals surface area contributed by atoms with E-state index in [0.29, 0.717) is 30.1 Å². The zero-order valence-corrected chi connectivity index (χ0v) is 11.9. The minimum Gasteiger partial charge on any atom is -0.355 e. The number of anilines is 1. The number of carbonyl (C=O) groups is 2. The Kier molecular flexibility index (Phi) is 8.95. The second-order valence-corrected chi connectivity index (χ2v) is 4.15. The molecule has 0 fully saturated rings. The van der Waals surface area contributed by atoms with Crippen LogP contribution in [0.15, 0.2) is 24.3 Å². The first-order valence-corrected chi connectivity index (χ1v) is 6.02. The van der Waals surface area contributed by atoms with E-state index < -0.39 is 0 Å². The Morgan fingerprint density at radius 3 is 2.37 bits per heavy atom. The highest BCUT2D eigenvalue weighted by Crippen LogP contribution is 2.13. The van der Waals surface area contributed by atoms with E-state index in [2.05, 4.69) is 10.6 Å². The van der Waals surface area contributed by atoms with E-state index in [0.717, 1.165) is 0 Å². The van der Waals surface area contributed by atoms with Crippen LogP contribution in [0.25, 0.3) is 0 Å². The second kappa shape index (κ2) is 9.61. The maximum Gasteiger partial charge on any atom is 0.233 e. The van der Waals surface area contributed by atoms with Crippen molar-refractivity contribution in [2.24, 2.45) is 5.73 Å². The smallest absolute Gasteiger partial charge is 0.233 e. The van der Waals surface area contributed by atoms with Gasteiger partial charge in [-0.1, -0.05) is 11.6 Å². The fourth-order valence-electron chi connectivity index (χ4n) is 1.31. The van der Waals surface area contributed by atoms with Gasteiger partial charge < -0.3 is 16.4 Å². The molecular formula is C12H17Cl2N3O2. The highest BCUT2D eigenvalue weighted by atomic mass is 35.5.